The lowest BCUT2D eigenvalue weighted by Gasteiger charge is -2.49. The number of nitrogens with one attached hydrogen (secondary N) is 3. The maximum absolute atomic E-state index is 13.3. The van der Waals surface area contributed by atoms with Gasteiger partial charge in [-0.05, 0) is 38.5 Å². The lowest BCUT2D eigenvalue weighted by molar-refractivity contribution is -0.133. The molecule has 0 spiro atoms. The molecule has 7 heteroatoms. The average molecular weight is 381 g/mol. The van der Waals surface area contributed by atoms with Crippen LogP contribution in [0.1, 0.15) is 29.7 Å². The Morgan fingerprint density at radius 2 is 2.04 bits per heavy atom. The van der Waals surface area contributed by atoms with E-state index in [-0.39, 0.29) is 11.9 Å². The fourth-order valence-electron chi connectivity index (χ4n) is 4.05. The molecule has 3 amide bonds. The predicted octanol–water partition coefficient (Wildman–Crippen LogP) is 3.03. The third-order valence-corrected chi connectivity index (χ3v) is 5.38. The monoisotopic (exact) mass is 381 g/mol. The van der Waals surface area contributed by atoms with Crippen LogP contribution >= 0.6 is 0 Å². The van der Waals surface area contributed by atoms with Gasteiger partial charge < -0.3 is 20.1 Å². The highest BCUT2D eigenvalue weighted by atomic mass is 16.5. The van der Waals surface area contributed by atoms with Gasteiger partial charge >= 0.3 is 6.03 Å². The molecule has 2 heterocycles. The van der Waals surface area contributed by atoms with Crippen LogP contribution in [-0.4, -0.2) is 24.8 Å². The Balaban J connectivity index is 1.74. The second kappa shape index (κ2) is 6.44. The second-order valence-corrected chi connectivity index (χ2v) is 7.45. The van der Waals surface area contributed by atoms with Gasteiger partial charge in [-0.1, -0.05) is 29.8 Å². The van der Waals surface area contributed by atoms with E-state index in [0.29, 0.717) is 17.1 Å². The van der Waals surface area contributed by atoms with Gasteiger partial charge in [0.2, 0.25) is 5.91 Å². The SMILES string of the molecule is COc1cccc2c1O[C@]1(C)NC(=O)N[C@H]2[C@H]1C(=O)Nc1ccc(C)cc1C. The second-order valence-electron chi connectivity index (χ2n) is 7.45. The highest BCUT2D eigenvalue weighted by Crippen LogP contribution is 2.48. The number of anilines is 1. The molecule has 0 aromatic heterocycles. The van der Waals surface area contributed by atoms with Crippen molar-refractivity contribution in [1.82, 2.24) is 10.6 Å². The standard InChI is InChI=1S/C21H23N3O4/c1-11-8-9-14(12(2)10-11)22-19(25)16-17-13-6-5-7-15(27-4)18(13)28-21(16,3)24-20(26)23-17/h5-10,16-17H,1-4H3,(H,22,25)(H2,23,24,26)/t16-,17+,21-/m0/s1. The normalized spacial score (nSPS) is 24.9. The van der Waals surface area contributed by atoms with E-state index in [0.717, 1.165) is 16.8 Å². The zero-order valence-corrected chi connectivity index (χ0v) is 16.3. The molecule has 7 nitrogen and oxygen atoms in total. The highest BCUT2D eigenvalue weighted by molar-refractivity contribution is 5.96. The number of fused-ring (bicyclic) bond motifs is 4. The molecule has 2 aromatic carbocycles. The number of aryl methyl sites for hydroxylation is 2. The van der Waals surface area contributed by atoms with Crippen LogP contribution in [0.3, 0.4) is 0 Å². The van der Waals surface area contributed by atoms with Gasteiger partial charge in [-0.2, -0.15) is 0 Å². The van der Waals surface area contributed by atoms with Gasteiger partial charge in [0.25, 0.3) is 0 Å². The van der Waals surface area contributed by atoms with Crippen LogP contribution in [0, 0.1) is 19.8 Å². The molecule has 3 N–H and O–H groups in total. The van der Waals surface area contributed by atoms with E-state index in [1.54, 1.807) is 20.1 Å². The summed E-state index contributed by atoms with van der Waals surface area (Å²) in [5.41, 5.74) is 2.33. The predicted molar refractivity (Wildman–Crippen MR) is 104 cm³/mol. The van der Waals surface area contributed by atoms with E-state index in [2.05, 4.69) is 16.0 Å². The number of para-hydroxylation sites is 1. The first-order chi connectivity index (χ1) is 13.3. The van der Waals surface area contributed by atoms with E-state index in [9.17, 15) is 9.59 Å². The molecular weight excluding hydrogens is 358 g/mol. The van der Waals surface area contributed by atoms with Gasteiger partial charge in [0.05, 0.1) is 13.2 Å². The van der Waals surface area contributed by atoms with E-state index in [1.807, 2.05) is 44.2 Å². The first-order valence-corrected chi connectivity index (χ1v) is 9.15. The number of rotatable bonds is 3. The summed E-state index contributed by atoms with van der Waals surface area (Å²) in [7, 11) is 1.56. The van der Waals surface area contributed by atoms with Crippen molar-refractivity contribution in [2.45, 2.75) is 32.5 Å². The van der Waals surface area contributed by atoms with E-state index in [4.69, 9.17) is 9.47 Å². The molecular formula is C21H23N3O4. The first-order valence-electron chi connectivity index (χ1n) is 9.15. The Morgan fingerprint density at radius 1 is 1.25 bits per heavy atom. The molecule has 2 aliphatic rings. The number of ether oxygens (including phenoxy) is 2. The van der Waals surface area contributed by atoms with Crippen molar-refractivity contribution in [2.24, 2.45) is 5.92 Å². The average Bonchev–Trinajstić information content (AvgIpc) is 2.62. The summed E-state index contributed by atoms with van der Waals surface area (Å²) in [6, 6.07) is 10.4. The van der Waals surface area contributed by atoms with Crippen LogP contribution in [0.2, 0.25) is 0 Å². The molecule has 1 saturated heterocycles. The third kappa shape index (κ3) is 2.83. The summed E-state index contributed by atoms with van der Waals surface area (Å²) in [5, 5.41) is 8.64. The number of amides is 3. The van der Waals surface area contributed by atoms with Gasteiger partial charge in [0, 0.05) is 11.3 Å². The fourth-order valence-corrected chi connectivity index (χ4v) is 4.05. The van der Waals surface area contributed by atoms with Crippen molar-refractivity contribution in [3.63, 3.8) is 0 Å². The molecule has 2 aromatic rings. The zero-order valence-electron chi connectivity index (χ0n) is 16.3. The Labute approximate surface area is 163 Å². The summed E-state index contributed by atoms with van der Waals surface area (Å²) >= 11 is 0. The van der Waals surface area contributed by atoms with Crippen molar-refractivity contribution in [2.75, 3.05) is 12.4 Å². The number of benzene rings is 2. The van der Waals surface area contributed by atoms with Crippen molar-refractivity contribution >= 4 is 17.6 Å². The van der Waals surface area contributed by atoms with Crippen LogP contribution in [0.4, 0.5) is 10.5 Å². The highest BCUT2D eigenvalue weighted by Gasteiger charge is 2.56. The zero-order chi connectivity index (χ0) is 20.1. The minimum atomic E-state index is -1.21. The van der Waals surface area contributed by atoms with E-state index < -0.39 is 17.7 Å². The lowest BCUT2D eigenvalue weighted by Crippen LogP contribution is -2.70. The van der Waals surface area contributed by atoms with Crippen LogP contribution in [-0.2, 0) is 4.79 Å². The van der Waals surface area contributed by atoms with Gasteiger partial charge in [-0.15, -0.1) is 0 Å². The van der Waals surface area contributed by atoms with Gasteiger partial charge in [0.1, 0.15) is 5.92 Å². The Kier molecular flexibility index (Phi) is 4.18. The number of hydrogen-bond acceptors (Lipinski definition) is 4. The quantitative estimate of drug-likeness (QED) is 0.763. The third-order valence-electron chi connectivity index (χ3n) is 5.38. The van der Waals surface area contributed by atoms with E-state index in [1.165, 1.54) is 0 Å². The van der Waals surface area contributed by atoms with Crippen molar-refractivity contribution in [3.8, 4) is 11.5 Å². The van der Waals surface area contributed by atoms with Crippen LogP contribution in [0.25, 0.3) is 0 Å². The van der Waals surface area contributed by atoms with Crippen molar-refractivity contribution in [1.29, 1.82) is 0 Å². The minimum absolute atomic E-state index is 0.236. The molecule has 0 saturated carbocycles. The number of urea groups is 1. The van der Waals surface area contributed by atoms with Crippen LogP contribution in [0.5, 0.6) is 11.5 Å². The van der Waals surface area contributed by atoms with E-state index >= 15 is 0 Å². The molecule has 4 rings (SSSR count). The largest absolute Gasteiger partial charge is 0.493 e. The van der Waals surface area contributed by atoms with Crippen LogP contribution < -0.4 is 25.4 Å². The molecule has 3 atom stereocenters. The topological polar surface area (TPSA) is 88.7 Å². The minimum Gasteiger partial charge on any atom is -0.493 e. The molecule has 28 heavy (non-hydrogen) atoms. The Morgan fingerprint density at radius 3 is 2.75 bits per heavy atom. The molecule has 2 bridgehead atoms. The maximum atomic E-state index is 13.3. The Bertz CT molecular complexity index is 974. The molecule has 2 aliphatic heterocycles. The number of carbonyl (C=O) groups excluding carboxylic acids is 2. The summed E-state index contributed by atoms with van der Waals surface area (Å²) in [5.74, 6) is 0.173. The summed E-state index contributed by atoms with van der Waals surface area (Å²) < 4.78 is 11.5. The Hall–Kier alpha value is -3.22. The molecule has 0 radical (unpaired) electrons. The number of hydrogen-bond donors (Lipinski definition) is 3. The van der Waals surface area contributed by atoms with Crippen LogP contribution in [0.15, 0.2) is 36.4 Å². The smallest absolute Gasteiger partial charge is 0.318 e. The fraction of sp³-hybridized carbons (Fsp3) is 0.333. The van der Waals surface area contributed by atoms with Crippen molar-refractivity contribution < 1.29 is 19.1 Å². The lowest BCUT2D eigenvalue weighted by atomic mass is 9.79. The number of methoxy groups -OCH3 is 1. The molecule has 0 aliphatic carbocycles. The molecule has 146 valence electrons. The molecule has 0 unspecified atom stereocenters. The van der Waals surface area contributed by atoms with Gasteiger partial charge in [-0.25, -0.2) is 4.79 Å². The van der Waals surface area contributed by atoms with Crippen molar-refractivity contribution in [3.05, 3.63) is 53.1 Å². The van der Waals surface area contributed by atoms with Gasteiger partial charge in [0.15, 0.2) is 17.2 Å². The maximum Gasteiger partial charge on any atom is 0.318 e. The first kappa shape index (κ1) is 18.2. The summed E-state index contributed by atoms with van der Waals surface area (Å²) in [6.45, 7) is 5.66. The summed E-state index contributed by atoms with van der Waals surface area (Å²) in [6.07, 6.45) is 0. The van der Waals surface area contributed by atoms with Gasteiger partial charge in [-0.3, -0.25) is 10.1 Å². The number of carbonyl (C=O) groups is 2. The summed E-state index contributed by atoms with van der Waals surface area (Å²) in [4.78, 5) is 25.5. The molecule has 1 fully saturated rings.